The SMILES string of the molecule is CC1CCN(C(=O)Nc2ccc(N3CCN(C)CC3)cc2)CC1. The summed E-state index contributed by atoms with van der Waals surface area (Å²) in [5.74, 6) is 0.738. The topological polar surface area (TPSA) is 38.8 Å². The number of hydrogen-bond donors (Lipinski definition) is 1. The van der Waals surface area contributed by atoms with Gasteiger partial charge in [-0.25, -0.2) is 4.79 Å². The molecule has 1 aromatic rings. The number of likely N-dealkylation sites (N-methyl/N-ethyl adjacent to an activating group) is 1. The fourth-order valence-corrected chi connectivity index (χ4v) is 3.23. The van der Waals surface area contributed by atoms with E-state index >= 15 is 0 Å². The highest BCUT2D eigenvalue weighted by molar-refractivity contribution is 5.89. The number of rotatable bonds is 2. The van der Waals surface area contributed by atoms with Gasteiger partial charge in [-0.3, -0.25) is 0 Å². The normalized spacial score (nSPS) is 20.6. The molecule has 1 aromatic carbocycles. The first-order chi connectivity index (χ1) is 11.1. The maximum atomic E-state index is 12.3. The van der Waals surface area contributed by atoms with E-state index in [4.69, 9.17) is 0 Å². The second-order valence-corrected chi connectivity index (χ2v) is 6.94. The van der Waals surface area contributed by atoms with Gasteiger partial charge in [0.2, 0.25) is 0 Å². The number of likely N-dealkylation sites (tertiary alicyclic amines) is 1. The van der Waals surface area contributed by atoms with Crippen molar-refractivity contribution >= 4 is 17.4 Å². The zero-order chi connectivity index (χ0) is 16.2. The van der Waals surface area contributed by atoms with E-state index in [0.717, 1.165) is 63.7 Å². The third-order valence-electron chi connectivity index (χ3n) is 5.06. The van der Waals surface area contributed by atoms with Crippen molar-refractivity contribution in [1.29, 1.82) is 0 Å². The van der Waals surface area contributed by atoms with Gasteiger partial charge >= 0.3 is 6.03 Å². The molecule has 0 atom stereocenters. The third kappa shape index (κ3) is 4.16. The first kappa shape index (κ1) is 16.1. The van der Waals surface area contributed by atoms with Crippen molar-refractivity contribution in [1.82, 2.24) is 9.80 Å². The van der Waals surface area contributed by atoms with Crippen LogP contribution in [0.2, 0.25) is 0 Å². The number of carbonyl (C=O) groups is 1. The number of urea groups is 1. The molecule has 0 bridgehead atoms. The highest BCUT2D eigenvalue weighted by atomic mass is 16.2. The van der Waals surface area contributed by atoms with Crippen molar-refractivity contribution in [2.45, 2.75) is 19.8 Å². The zero-order valence-electron chi connectivity index (χ0n) is 14.3. The average molecular weight is 316 g/mol. The quantitative estimate of drug-likeness (QED) is 0.912. The Labute approximate surface area is 139 Å². The number of piperazine rings is 1. The Hall–Kier alpha value is -1.75. The molecule has 5 heteroatoms. The molecule has 0 aliphatic carbocycles. The summed E-state index contributed by atoms with van der Waals surface area (Å²) in [6.07, 6.45) is 2.21. The summed E-state index contributed by atoms with van der Waals surface area (Å²) in [6.45, 7) is 8.32. The fraction of sp³-hybridized carbons (Fsp3) is 0.611. The van der Waals surface area contributed by atoms with Crippen LogP contribution in [-0.2, 0) is 0 Å². The Kier molecular flexibility index (Phi) is 5.06. The van der Waals surface area contributed by atoms with Crippen LogP contribution in [0, 0.1) is 5.92 Å². The molecule has 5 nitrogen and oxygen atoms in total. The fourth-order valence-electron chi connectivity index (χ4n) is 3.23. The van der Waals surface area contributed by atoms with Crippen LogP contribution in [0.5, 0.6) is 0 Å². The van der Waals surface area contributed by atoms with Gasteiger partial charge in [0.1, 0.15) is 0 Å². The molecular formula is C18H28N4O. The van der Waals surface area contributed by atoms with Crippen LogP contribution in [0.1, 0.15) is 19.8 Å². The first-order valence-corrected chi connectivity index (χ1v) is 8.71. The number of nitrogens with one attached hydrogen (secondary N) is 1. The lowest BCUT2D eigenvalue weighted by Gasteiger charge is -2.34. The van der Waals surface area contributed by atoms with Gasteiger partial charge in [-0.15, -0.1) is 0 Å². The summed E-state index contributed by atoms with van der Waals surface area (Å²) < 4.78 is 0. The number of nitrogens with zero attached hydrogens (tertiary/aromatic N) is 3. The molecule has 23 heavy (non-hydrogen) atoms. The van der Waals surface area contributed by atoms with Crippen LogP contribution >= 0.6 is 0 Å². The van der Waals surface area contributed by atoms with Crippen molar-refractivity contribution in [3.8, 4) is 0 Å². The Bertz CT molecular complexity index is 514. The first-order valence-electron chi connectivity index (χ1n) is 8.71. The van der Waals surface area contributed by atoms with Gasteiger partial charge in [0.15, 0.2) is 0 Å². The highest BCUT2D eigenvalue weighted by Gasteiger charge is 2.20. The molecular weight excluding hydrogens is 288 g/mol. The van der Waals surface area contributed by atoms with Gasteiger partial charge in [-0.2, -0.15) is 0 Å². The van der Waals surface area contributed by atoms with Crippen molar-refractivity contribution in [3.05, 3.63) is 24.3 Å². The van der Waals surface area contributed by atoms with Crippen LogP contribution in [0.15, 0.2) is 24.3 Å². The van der Waals surface area contributed by atoms with E-state index in [1.54, 1.807) is 0 Å². The molecule has 2 fully saturated rings. The Morgan fingerprint density at radius 1 is 1.00 bits per heavy atom. The average Bonchev–Trinajstić information content (AvgIpc) is 2.57. The van der Waals surface area contributed by atoms with Gasteiger partial charge in [0, 0.05) is 50.6 Å². The van der Waals surface area contributed by atoms with Crippen LogP contribution in [0.25, 0.3) is 0 Å². The summed E-state index contributed by atoms with van der Waals surface area (Å²) in [7, 11) is 2.16. The lowest BCUT2D eigenvalue weighted by molar-refractivity contribution is 0.186. The Balaban J connectivity index is 1.54. The summed E-state index contributed by atoms with van der Waals surface area (Å²) in [6, 6.07) is 8.28. The van der Waals surface area contributed by atoms with Crippen molar-refractivity contribution in [3.63, 3.8) is 0 Å². The van der Waals surface area contributed by atoms with Gasteiger partial charge in [0.05, 0.1) is 0 Å². The van der Waals surface area contributed by atoms with E-state index in [2.05, 4.69) is 41.2 Å². The minimum atomic E-state index is 0.0317. The van der Waals surface area contributed by atoms with E-state index in [1.807, 2.05) is 17.0 Å². The molecule has 2 amide bonds. The minimum absolute atomic E-state index is 0.0317. The predicted octanol–water partition coefficient (Wildman–Crippen LogP) is 2.70. The van der Waals surface area contributed by atoms with E-state index in [-0.39, 0.29) is 6.03 Å². The number of carbonyl (C=O) groups excluding carboxylic acids is 1. The van der Waals surface area contributed by atoms with Crippen molar-refractivity contribution in [2.75, 3.05) is 56.5 Å². The molecule has 0 aromatic heterocycles. The maximum absolute atomic E-state index is 12.3. The molecule has 1 N–H and O–H groups in total. The molecule has 2 aliphatic rings. The van der Waals surface area contributed by atoms with Crippen molar-refractivity contribution in [2.24, 2.45) is 5.92 Å². The van der Waals surface area contributed by atoms with E-state index in [9.17, 15) is 4.79 Å². The van der Waals surface area contributed by atoms with Gasteiger partial charge in [-0.05, 0) is 50.1 Å². The minimum Gasteiger partial charge on any atom is -0.369 e. The number of benzene rings is 1. The highest BCUT2D eigenvalue weighted by Crippen LogP contribution is 2.21. The molecule has 3 rings (SSSR count). The lowest BCUT2D eigenvalue weighted by Crippen LogP contribution is -2.44. The Morgan fingerprint density at radius 2 is 1.61 bits per heavy atom. The van der Waals surface area contributed by atoms with Gasteiger partial charge < -0.3 is 20.0 Å². The predicted molar refractivity (Wildman–Crippen MR) is 95.1 cm³/mol. The van der Waals surface area contributed by atoms with Crippen LogP contribution in [-0.4, -0.2) is 62.1 Å². The summed E-state index contributed by atoms with van der Waals surface area (Å²) in [5.41, 5.74) is 2.12. The largest absolute Gasteiger partial charge is 0.369 e. The molecule has 0 radical (unpaired) electrons. The molecule has 2 aliphatic heterocycles. The maximum Gasteiger partial charge on any atom is 0.321 e. The smallest absolute Gasteiger partial charge is 0.321 e. The molecule has 0 spiro atoms. The van der Waals surface area contributed by atoms with Gasteiger partial charge in [-0.1, -0.05) is 6.92 Å². The molecule has 2 saturated heterocycles. The molecule has 0 unspecified atom stereocenters. The van der Waals surface area contributed by atoms with Crippen LogP contribution < -0.4 is 10.2 Å². The summed E-state index contributed by atoms with van der Waals surface area (Å²) in [5, 5.41) is 3.02. The van der Waals surface area contributed by atoms with Crippen LogP contribution in [0.4, 0.5) is 16.2 Å². The number of hydrogen-bond acceptors (Lipinski definition) is 3. The Morgan fingerprint density at radius 3 is 2.22 bits per heavy atom. The second kappa shape index (κ2) is 7.21. The van der Waals surface area contributed by atoms with E-state index in [0.29, 0.717) is 0 Å². The molecule has 2 heterocycles. The van der Waals surface area contributed by atoms with Gasteiger partial charge in [0.25, 0.3) is 0 Å². The second-order valence-electron chi connectivity index (χ2n) is 6.94. The summed E-state index contributed by atoms with van der Waals surface area (Å²) in [4.78, 5) is 19.0. The standard InChI is InChI=1S/C18H28N4O/c1-15-7-9-22(10-8-15)18(23)19-16-3-5-17(6-4-16)21-13-11-20(2)12-14-21/h3-6,15H,7-14H2,1-2H3,(H,19,23). The number of piperidine rings is 1. The monoisotopic (exact) mass is 316 g/mol. The molecule has 0 saturated carbocycles. The third-order valence-corrected chi connectivity index (χ3v) is 5.06. The van der Waals surface area contributed by atoms with Crippen LogP contribution in [0.3, 0.4) is 0 Å². The zero-order valence-corrected chi connectivity index (χ0v) is 14.3. The number of amides is 2. The van der Waals surface area contributed by atoms with Crippen molar-refractivity contribution < 1.29 is 4.79 Å². The molecule has 126 valence electrons. The summed E-state index contributed by atoms with van der Waals surface area (Å²) >= 11 is 0. The van der Waals surface area contributed by atoms with E-state index < -0.39 is 0 Å². The lowest BCUT2D eigenvalue weighted by atomic mass is 10.00. The van der Waals surface area contributed by atoms with E-state index in [1.165, 1.54) is 5.69 Å². The number of anilines is 2.